The van der Waals surface area contributed by atoms with Gasteiger partial charge in [0.25, 0.3) is 11.8 Å². The lowest BCUT2D eigenvalue weighted by Crippen LogP contribution is -2.47. The van der Waals surface area contributed by atoms with Crippen LogP contribution in [0.1, 0.15) is 15.9 Å². The lowest BCUT2D eigenvalue weighted by Gasteiger charge is -2.32. The van der Waals surface area contributed by atoms with Crippen LogP contribution in [0.5, 0.6) is 5.75 Å². The van der Waals surface area contributed by atoms with E-state index in [2.05, 4.69) is 42.1 Å². The van der Waals surface area contributed by atoms with Crippen molar-refractivity contribution in [3.8, 4) is 5.75 Å². The van der Waals surface area contributed by atoms with Crippen molar-refractivity contribution < 1.29 is 14.3 Å². The highest BCUT2D eigenvalue weighted by atomic mass is 79.9. The van der Waals surface area contributed by atoms with Gasteiger partial charge in [0.15, 0.2) is 6.61 Å². The number of halogens is 2. The van der Waals surface area contributed by atoms with E-state index in [1.165, 1.54) is 0 Å². The number of hydrogen-bond acceptors (Lipinski definition) is 4. The molecule has 0 aliphatic carbocycles. The van der Waals surface area contributed by atoms with Crippen LogP contribution >= 0.6 is 31.9 Å². The highest BCUT2D eigenvalue weighted by Gasteiger charge is 2.20. The molecule has 8 heteroatoms. The summed E-state index contributed by atoms with van der Waals surface area (Å²) in [4.78, 5) is 29.1. The molecule has 0 radical (unpaired) electrons. The fraction of sp³-hybridized carbons (Fsp3) is 0.333. The minimum absolute atomic E-state index is 0.0140. The molecule has 29 heavy (non-hydrogen) atoms. The minimum Gasteiger partial charge on any atom is -0.482 e. The van der Waals surface area contributed by atoms with E-state index in [0.29, 0.717) is 30.1 Å². The van der Waals surface area contributed by atoms with E-state index < -0.39 is 0 Å². The second kappa shape index (κ2) is 9.73. The number of rotatable bonds is 5. The third kappa shape index (κ3) is 5.81. The van der Waals surface area contributed by atoms with Crippen molar-refractivity contribution in [3.05, 3.63) is 56.5 Å². The monoisotopic (exact) mass is 523 g/mol. The van der Waals surface area contributed by atoms with E-state index in [4.69, 9.17) is 4.74 Å². The molecule has 0 aromatic heterocycles. The van der Waals surface area contributed by atoms with Crippen molar-refractivity contribution in [2.24, 2.45) is 0 Å². The second-order valence-corrected chi connectivity index (χ2v) is 8.82. The Balaban J connectivity index is 1.60. The molecule has 0 unspecified atom stereocenters. The van der Waals surface area contributed by atoms with Gasteiger partial charge in [0.05, 0.1) is 4.47 Å². The number of carbonyl (C=O) groups excluding carboxylic acids is 2. The van der Waals surface area contributed by atoms with Gasteiger partial charge in [0.1, 0.15) is 5.75 Å². The smallest absolute Gasteiger partial charge is 0.262 e. The summed E-state index contributed by atoms with van der Waals surface area (Å²) in [5.74, 6) is 0.325. The van der Waals surface area contributed by atoms with Crippen molar-refractivity contribution in [3.63, 3.8) is 0 Å². The van der Waals surface area contributed by atoms with Crippen LogP contribution in [0.25, 0.3) is 0 Å². The largest absolute Gasteiger partial charge is 0.482 e. The number of piperazine rings is 1. The third-order valence-corrected chi connectivity index (χ3v) is 5.77. The lowest BCUT2D eigenvalue weighted by molar-refractivity contribution is -0.118. The Kier molecular flexibility index (Phi) is 7.32. The van der Waals surface area contributed by atoms with E-state index in [1.54, 1.807) is 24.3 Å². The number of nitrogens with zero attached hydrogens (tertiary/aromatic N) is 2. The zero-order chi connectivity index (χ0) is 21.0. The van der Waals surface area contributed by atoms with Gasteiger partial charge in [-0.3, -0.25) is 9.59 Å². The summed E-state index contributed by atoms with van der Waals surface area (Å²) in [6.07, 6.45) is 0. The van der Waals surface area contributed by atoms with Gasteiger partial charge >= 0.3 is 0 Å². The van der Waals surface area contributed by atoms with Crippen molar-refractivity contribution in [2.75, 3.05) is 45.2 Å². The normalized spacial score (nSPS) is 14.6. The second-order valence-electron chi connectivity index (χ2n) is 7.05. The molecule has 0 saturated carbocycles. The summed E-state index contributed by atoms with van der Waals surface area (Å²) in [5.41, 5.74) is 2.06. The molecule has 1 aliphatic rings. The van der Waals surface area contributed by atoms with Crippen LogP contribution in [0.2, 0.25) is 0 Å². The van der Waals surface area contributed by atoms with Gasteiger partial charge in [-0.05, 0) is 65.8 Å². The van der Waals surface area contributed by atoms with Crippen LogP contribution in [0.15, 0.2) is 45.3 Å². The molecule has 2 aromatic carbocycles. The first-order valence-corrected chi connectivity index (χ1v) is 10.9. The molecule has 1 N–H and O–H groups in total. The summed E-state index contributed by atoms with van der Waals surface area (Å²) >= 11 is 6.87. The molecule has 1 heterocycles. The molecule has 2 aromatic rings. The Labute approximate surface area is 187 Å². The predicted octanol–water partition coefficient (Wildman–Crippen LogP) is 3.93. The average molecular weight is 525 g/mol. The molecule has 2 amide bonds. The van der Waals surface area contributed by atoms with Crippen molar-refractivity contribution >= 4 is 49.4 Å². The number of amides is 2. The molecule has 0 atom stereocenters. The van der Waals surface area contributed by atoms with Crippen LogP contribution in [0, 0.1) is 6.92 Å². The molecular formula is C21H23Br2N3O3. The zero-order valence-corrected chi connectivity index (χ0v) is 19.5. The fourth-order valence-corrected chi connectivity index (χ4v) is 4.68. The van der Waals surface area contributed by atoms with Gasteiger partial charge in [-0.2, -0.15) is 0 Å². The summed E-state index contributed by atoms with van der Waals surface area (Å²) < 4.78 is 7.39. The molecule has 0 bridgehead atoms. The summed E-state index contributed by atoms with van der Waals surface area (Å²) in [7, 11) is 2.05. The van der Waals surface area contributed by atoms with Crippen molar-refractivity contribution in [2.45, 2.75) is 6.92 Å². The van der Waals surface area contributed by atoms with Gasteiger partial charge in [0.2, 0.25) is 0 Å². The van der Waals surface area contributed by atoms with Crippen LogP contribution in [-0.4, -0.2) is 61.4 Å². The Morgan fingerprint density at radius 3 is 2.52 bits per heavy atom. The Morgan fingerprint density at radius 2 is 1.83 bits per heavy atom. The van der Waals surface area contributed by atoms with Gasteiger partial charge in [0, 0.05) is 41.9 Å². The van der Waals surface area contributed by atoms with Crippen LogP contribution in [0.3, 0.4) is 0 Å². The number of nitrogens with one attached hydrogen (secondary N) is 1. The lowest BCUT2D eigenvalue weighted by atomic mass is 10.1. The van der Waals surface area contributed by atoms with Gasteiger partial charge in [-0.25, -0.2) is 0 Å². The molecule has 154 valence electrons. The number of aryl methyl sites for hydroxylation is 1. The van der Waals surface area contributed by atoms with Gasteiger partial charge in [-0.15, -0.1) is 0 Å². The number of hydrogen-bond donors (Lipinski definition) is 1. The van der Waals surface area contributed by atoms with Gasteiger partial charge in [-0.1, -0.05) is 22.0 Å². The number of ether oxygens (including phenoxy) is 1. The fourth-order valence-electron chi connectivity index (χ4n) is 3.13. The molecule has 6 nitrogen and oxygen atoms in total. The minimum atomic E-state index is -0.289. The number of likely N-dealkylation sites (N-methyl/N-ethyl adjacent to an activating group) is 1. The molecule has 0 spiro atoms. The first-order valence-electron chi connectivity index (χ1n) is 9.29. The first-order chi connectivity index (χ1) is 13.8. The number of benzene rings is 2. The maximum atomic E-state index is 12.7. The summed E-state index contributed by atoms with van der Waals surface area (Å²) in [6.45, 7) is 4.94. The van der Waals surface area contributed by atoms with Crippen molar-refractivity contribution in [1.29, 1.82) is 0 Å². The average Bonchev–Trinajstić information content (AvgIpc) is 2.67. The maximum Gasteiger partial charge on any atom is 0.262 e. The Bertz CT molecular complexity index is 889. The maximum absolute atomic E-state index is 12.7. The van der Waals surface area contributed by atoms with Gasteiger partial charge < -0.3 is 19.9 Å². The number of carbonyl (C=O) groups is 2. The van der Waals surface area contributed by atoms with E-state index in [-0.39, 0.29) is 18.4 Å². The summed E-state index contributed by atoms with van der Waals surface area (Å²) in [6, 6.07) is 10.8. The SMILES string of the molecule is Cc1cc(Br)cc(Br)c1OCC(=O)Nc1cccc(C(=O)N2CCN(C)CC2)c1. The third-order valence-electron chi connectivity index (χ3n) is 4.73. The summed E-state index contributed by atoms with van der Waals surface area (Å²) in [5, 5.41) is 2.80. The predicted molar refractivity (Wildman–Crippen MR) is 121 cm³/mol. The standard InChI is InChI=1S/C21H23Br2N3O3/c1-14-10-16(22)12-18(23)20(14)29-13-19(27)24-17-5-3-4-15(11-17)21(28)26-8-6-25(2)7-9-26/h3-5,10-12H,6-9,13H2,1-2H3,(H,24,27). The van der Waals surface area contributed by atoms with Crippen molar-refractivity contribution in [1.82, 2.24) is 9.80 Å². The van der Waals surface area contributed by atoms with E-state index in [1.807, 2.05) is 31.0 Å². The molecule has 1 fully saturated rings. The van der Waals surface area contributed by atoms with E-state index in [9.17, 15) is 9.59 Å². The highest BCUT2D eigenvalue weighted by molar-refractivity contribution is 9.11. The zero-order valence-electron chi connectivity index (χ0n) is 16.4. The first kappa shape index (κ1) is 21.8. The van der Waals surface area contributed by atoms with Crippen LogP contribution in [0.4, 0.5) is 5.69 Å². The van der Waals surface area contributed by atoms with E-state index in [0.717, 1.165) is 27.6 Å². The Hall–Kier alpha value is -1.90. The Morgan fingerprint density at radius 1 is 1.10 bits per heavy atom. The molecule has 3 rings (SSSR count). The van der Waals surface area contributed by atoms with Crippen LogP contribution < -0.4 is 10.1 Å². The molecular weight excluding hydrogens is 502 g/mol. The molecule has 1 saturated heterocycles. The number of anilines is 1. The highest BCUT2D eigenvalue weighted by Crippen LogP contribution is 2.32. The van der Waals surface area contributed by atoms with E-state index >= 15 is 0 Å². The quantitative estimate of drug-likeness (QED) is 0.643. The van der Waals surface area contributed by atoms with Crippen LogP contribution in [-0.2, 0) is 4.79 Å². The molecule has 1 aliphatic heterocycles. The topological polar surface area (TPSA) is 61.9 Å².